The van der Waals surface area contributed by atoms with Crippen molar-refractivity contribution in [1.29, 1.82) is 0 Å². The molecule has 0 aromatic heterocycles. The number of rotatable bonds is 4. The number of nitrogens with one attached hydrogen (secondary N) is 1. The number of phosphoric acid groups is 1. The third kappa shape index (κ3) is 12.7. The number of phosphoric ester groups is 1. The Hall–Kier alpha value is 0.0700. The highest BCUT2D eigenvalue weighted by molar-refractivity contribution is 7.47. The van der Waals surface area contributed by atoms with E-state index in [2.05, 4.69) is 14.4 Å². The lowest BCUT2D eigenvalue weighted by Crippen LogP contribution is -1.93. The van der Waals surface area contributed by atoms with Crippen LogP contribution < -0.4 is 5.32 Å². The quantitative estimate of drug-likeness (QED) is 0.661. The maximum absolute atomic E-state index is 10.5. The van der Waals surface area contributed by atoms with E-state index in [4.69, 9.17) is 4.89 Å². The highest BCUT2D eigenvalue weighted by Crippen LogP contribution is 2.42. The van der Waals surface area contributed by atoms with Gasteiger partial charge in [-0.05, 0) is 27.9 Å². The molecule has 0 aliphatic heterocycles. The molecule has 0 spiro atoms. The predicted octanol–water partition coefficient (Wildman–Crippen LogP) is 0.995. The summed E-state index contributed by atoms with van der Waals surface area (Å²) in [5.74, 6) is 0. The lowest BCUT2D eigenvalue weighted by molar-refractivity contribution is 0.161. The van der Waals surface area contributed by atoms with E-state index in [1.165, 1.54) is 0 Å². The van der Waals surface area contributed by atoms with E-state index in [1.54, 1.807) is 13.8 Å². The number of hydrogen-bond donors (Lipinski definition) is 2. The monoisotopic (exact) mass is 199 g/mol. The maximum Gasteiger partial charge on any atom is 0.472 e. The first kappa shape index (κ1) is 14.6. The lowest BCUT2D eigenvalue weighted by atomic mass is 10.9. The Morgan fingerprint density at radius 3 is 1.67 bits per heavy atom. The van der Waals surface area contributed by atoms with Crippen molar-refractivity contribution in [2.75, 3.05) is 27.3 Å². The first-order valence-corrected chi connectivity index (χ1v) is 5.23. The Morgan fingerprint density at radius 1 is 1.25 bits per heavy atom. The van der Waals surface area contributed by atoms with Crippen molar-refractivity contribution in [3.05, 3.63) is 0 Å². The van der Waals surface area contributed by atoms with E-state index in [0.717, 1.165) is 0 Å². The van der Waals surface area contributed by atoms with Crippen molar-refractivity contribution in [3.63, 3.8) is 0 Å². The van der Waals surface area contributed by atoms with Gasteiger partial charge in [-0.2, -0.15) is 0 Å². The minimum Gasteiger partial charge on any atom is -0.323 e. The smallest absolute Gasteiger partial charge is 0.323 e. The average Bonchev–Trinajstić information content (AvgIpc) is 1.88. The summed E-state index contributed by atoms with van der Waals surface area (Å²) in [6.45, 7) is 3.63. The van der Waals surface area contributed by atoms with Crippen LogP contribution in [-0.4, -0.2) is 32.2 Å². The van der Waals surface area contributed by atoms with Crippen molar-refractivity contribution in [1.82, 2.24) is 5.32 Å². The van der Waals surface area contributed by atoms with E-state index in [9.17, 15) is 4.57 Å². The Kier molecular flexibility index (Phi) is 11.1. The standard InChI is InChI=1S/C4H11O4P.C2H7N/c1-3-7-9(5,6)8-4-2;1-3-2/h3-4H2,1-2H3,(H,5,6);3H,1-2H3. The van der Waals surface area contributed by atoms with Crippen molar-refractivity contribution >= 4 is 7.82 Å². The van der Waals surface area contributed by atoms with Gasteiger partial charge in [0.25, 0.3) is 0 Å². The Morgan fingerprint density at radius 2 is 1.50 bits per heavy atom. The second kappa shape index (κ2) is 9.16. The second-order valence-corrected chi connectivity index (χ2v) is 3.26. The molecule has 0 fully saturated rings. The first-order chi connectivity index (χ1) is 5.54. The van der Waals surface area contributed by atoms with E-state index < -0.39 is 7.82 Å². The van der Waals surface area contributed by atoms with Crippen LogP contribution in [0.1, 0.15) is 13.8 Å². The highest BCUT2D eigenvalue weighted by atomic mass is 31.2. The predicted molar refractivity (Wildman–Crippen MR) is 48.1 cm³/mol. The van der Waals surface area contributed by atoms with Crippen molar-refractivity contribution < 1.29 is 18.5 Å². The highest BCUT2D eigenvalue weighted by Gasteiger charge is 2.17. The summed E-state index contributed by atoms with van der Waals surface area (Å²) < 4.78 is 19.2. The van der Waals surface area contributed by atoms with Gasteiger partial charge in [0.15, 0.2) is 0 Å². The third-order valence-corrected chi connectivity index (χ3v) is 1.75. The molecule has 0 atom stereocenters. The zero-order valence-corrected chi connectivity index (χ0v) is 8.93. The molecule has 6 heteroatoms. The van der Waals surface area contributed by atoms with Gasteiger partial charge in [-0.1, -0.05) is 0 Å². The molecule has 0 aromatic carbocycles. The van der Waals surface area contributed by atoms with Crippen LogP contribution in [0, 0.1) is 0 Å². The normalized spacial score (nSPS) is 10.4. The van der Waals surface area contributed by atoms with Gasteiger partial charge in [0.05, 0.1) is 13.2 Å². The van der Waals surface area contributed by atoms with Crippen LogP contribution in [0.25, 0.3) is 0 Å². The van der Waals surface area contributed by atoms with Gasteiger partial charge in [0.1, 0.15) is 0 Å². The summed E-state index contributed by atoms with van der Waals surface area (Å²) in [4.78, 5) is 8.63. The largest absolute Gasteiger partial charge is 0.472 e. The molecule has 0 radical (unpaired) electrons. The second-order valence-electron chi connectivity index (χ2n) is 1.80. The van der Waals surface area contributed by atoms with E-state index in [0.29, 0.717) is 0 Å². The fourth-order valence-corrected chi connectivity index (χ4v) is 1.09. The van der Waals surface area contributed by atoms with Gasteiger partial charge in [-0.3, -0.25) is 9.05 Å². The molecule has 0 rings (SSSR count). The lowest BCUT2D eigenvalue weighted by Gasteiger charge is -2.07. The summed E-state index contributed by atoms with van der Waals surface area (Å²) in [5, 5.41) is 2.75. The summed E-state index contributed by atoms with van der Waals surface area (Å²) in [5.41, 5.74) is 0. The van der Waals surface area contributed by atoms with Crippen molar-refractivity contribution in [3.8, 4) is 0 Å². The van der Waals surface area contributed by atoms with Crippen LogP contribution in [-0.2, 0) is 13.6 Å². The average molecular weight is 199 g/mol. The van der Waals surface area contributed by atoms with Crippen molar-refractivity contribution in [2.45, 2.75) is 13.8 Å². The molecule has 0 aromatic rings. The van der Waals surface area contributed by atoms with Gasteiger partial charge in [-0.15, -0.1) is 0 Å². The molecule has 0 unspecified atom stereocenters. The molecule has 0 bridgehead atoms. The first-order valence-electron chi connectivity index (χ1n) is 3.74. The molecule has 0 saturated heterocycles. The topological polar surface area (TPSA) is 67.8 Å². The molecule has 2 N–H and O–H groups in total. The fourth-order valence-electron chi connectivity index (χ4n) is 0.364. The van der Waals surface area contributed by atoms with Gasteiger partial charge < -0.3 is 10.2 Å². The summed E-state index contributed by atoms with van der Waals surface area (Å²) in [7, 11) is 0.0575. The number of hydrogen-bond acceptors (Lipinski definition) is 4. The van der Waals surface area contributed by atoms with Crippen LogP contribution >= 0.6 is 7.82 Å². The molecular formula is C6H18NO4P. The summed E-state index contributed by atoms with van der Waals surface area (Å²) >= 11 is 0. The van der Waals surface area contributed by atoms with Gasteiger partial charge >= 0.3 is 7.82 Å². The third-order valence-electron chi connectivity index (χ3n) is 0.584. The minimum absolute atomic E-state index is 0.188. The van der Waals surface area contributed by atoms with E-state index >= 15 is 0 Å². The molecule has 12 heavy (non-hydrogen) atoms. The summed E-state index contributed by atoms with van der Waals surface area (Å²) in [6.07, 6.45) is 0. The van der Waals surface area contributed by atoms with Crippen LogP contribution in [0.15, 0.2) is 0 Å². The molecule has 0 amide bonds. The van der Waals surface area contributed by atoms with Gasteiger partial charge in [-0.25, -0.2) is 4.57 Å². The van der Waals surface area contributed by atoms with Crippen LogP contribution in [0.2, 0.25) is 0 Å². The molecule has 0 aliphatic carbocycles. The molecular weight excluding hydrogens is 181 g/mol. The summed E-state index contributed by atoms with van der Waals surface area (Å²) in [6, 6.07) is 0. The van der Waals surface area contributed by atoms with Crippen LogP contribution in [0.3, 0.4) is 0 Å². The van der Waals surface area contributed by atoms with Crippen molar-refractivity contribution in [2.24, 2.45) is 0 Å². The minimum atomic E-state index is -3.69. The van der Waals surface area contributed by atoms with E-state index in [-0.39, 0.29) is 13.2 Å². The fraction of sp³-hybridized carbons (Fsp3) is 1.00. The SMILES string of the molecule is CCOP(=O)(O)OCC.CNC. The molecule has 0 heterocycles. The van der Waals surface area contributed by atoms with Gasteiger partial charge in [0, 0.05) is 0 Å². The zero-order chi connectivity index (χ0) is 10.0. The Bertz CT molecular complexity index is 121. The van der Waals surface area contributed by atoms with Gasteiger partial charge in [0.2, 0.25) is 0 Å². The molecule has 0 saturated carbocycles. The van der Waals surface area contributed by atoms with E-state index in [1.807, 2.05) is 14.1 Å². The zero-order valence-electron chi connectivity index (χ0n) is 8.03. The molecule has 5 nitrogen and oxygen atoms in total. The maximum atomic E-state index is 10.5. The Labute approximate surface area is 73.7 Å². The molecule has 0 aliphatic rings. The van der Waals surface area contributed by atoms with Crippen LogP contribution in [0.4, 0.5) is 0 Å². The van der Waals surface area contributed by atoms with Crippen LogP contribution in [0.5, 0.6) is 0 Å². The molecule has 76 valence electrons. The Balaban J connectivity index is 0.